The van der Waals surface area contributed by atoms with Crippen LogP contribution in [0, 0.1) is 0 Å². The van der Waals surface area contributed by atoms with Crippen LogP contribution in [-0.2, 0) is 6.54 Å². The Bertz CT molecular complexity index is 351. The van der Waals surface area contributed by atoms with Crippen molar-refractivity contribution in [2.75, 3.05) is 0 Å². The molecule has 0 spiro atoms. The lowest BCUT2D eigenvalue weighted by Crippen LogP contribution is -2.41. The number of aliphatic hydroxyl groups is 1. The van der Waals surface area contributed by atoms with Gasteiger partial charge in [0.1, 0.15) is 0 Å². The Morgan fingerprint density at radius 2 is 2.24 bits per heavy atom. The van der Waals surface area contributed by atoms with Crippen molar-refractivity contribution in [1.82, 2.24) is 10.3 Å². The second-order valence-corrected chi connectivity index (χ2v) is 6.31. The molecule has 1 aliphatic rings. The fourth-order valence-corrected chi connectivity index (χ4v) is 3.12. The fourth-order valence-electron chi connectivity index (χ4n) is 2.25. The number of aliphatic hydroxyl groups excluding tert-OH is 1. The monoisotopic (exact) mass is 254 g/mol. The molecule has 2 unspecified atom stereocenters. The molecule has 3 nitrogen and oxygen atoms in total. The maximum Gasteiger partial charge on any atom is 0.0953 e. The van der Waals surface area contributed by atoms with Crippen molar-refractivity contribution >= 4 is 11.3 Å². The van der Waals surface area contributed by atoms with E-state index < -0.39 is 0 Å². The minimum atomic E-state index is -0.166. The summed E-state index contributed by atoms with van der Waals surface area (Å²) in [5, 5.41) is 14.5. The Morgan fingerprint density at radius 3 is 2.88 bits per heavy atom. The van der Waals surface area contributed by atoms with Crippen LogP contribution in [0.2, 0.25) is 0 Å². The molecule has 1 heterocycles. The van der Waals surface area contributed by atoms with Gasteiger partial charge in [-0.3, -0.25) is 0 Å². The second-order valence-electron chi connectivity index (χ2n) is 5.16. The average Bonchev–Trinajstić information content (AvgIpc) is 2.77. The minimum Gasteiger partial charge on any atom is -0.392 e. The van der Waals surface area contributed by atoms with Crippen LogP contribution >= 0.6 is 11.3 Å². The maximum absolute atomic E-state index is 9.87. The zero-order valence-corrected chi connectivity index (χ0v) is 11.5. The Morgan fingerprint density at radius 1 is 1.47 bits per heavy atom. The number of thiazole rings is 1. The molecular weight excluding hydrogens is 232 g/mol. The first kappa shape index (κ1) is 13.0. The first-order valence-corrected chi connectivity index (χ1v) is 7.34. The van der Waals surface area contributed by atoms with Gasteiger partial charge in [0.15, 0.2) is 0 Å². The molecule has 0 amide bonds. The SMILES string of the molecule is CC(C)c1ncc(CNC2CCCCC2O)s1. The molecule has 1 fully saturated rings. The number of aromatic nitrogens is 1. The van der Waals surface area contributed by atoms with E-state index in [0.29, 0.717) is 5.92 Å². The van der Waals surface area contributed by atoms with E-state index in [9.17, 15) is 5.11 Å². The van der Waals surface area contributed by atoms with E-state index in [1.165, 1.54) is 16.3 Å². The largest absolute Gasteiger partial charge is 0.392 e. The summed E-state index contributed by atoms with van der Waals surface area (Å²) in [6.07, 6.45) is 6.23. The summed E-state index contributed by atoms with van der Waals surface area (Å²) < 4.78 is 0. The molecule has 0 radical (unpaired) electrons. The smallest absolute Gasteiger partial charge is 0.0953 e. The van der Waals surface area contributed by atoms with E-state index in [1.807, 2.05) is 6.20 Å². The Balaban J connectivity index is 1.84. The maximum atomic E-state index is 9.87. The molecule has 96 valence electrons. The molecule has 1 aromatic heterocycles. The third-order valence-corrected chi connectivity index (χ3v) is 4.63. The van der Waals surface area contributed by atoms with Gasteiger partial charge in [-0.05, 0) is 12.8 Å². The third-order valence-electron chi connectivity index (χ3n) is 3.33. The quantitative estimate of drug-likeness (QED) is 0.868. The molecule has 1 aromatic rings. The predicted octanol–water partition coefficient (Wildman–Crippen LogP) is 2.66. The summed E-state index contributed by atoms with van der Waals surface area (Å²) in [5.41, 5.74) is 0. The van der Waals surface area contributed by atoms with Gasteiger partial charge in [-0.15, -0.1) is 11.3 Å². The molecule has 2 rings (SSSR count). The van der Waals surface area contributed by atoms with Crippen LogP contribution in [0.15, 0.2) is 6.20 Å². The lowest BCUT2D eigenvalue weighted by Gasteiger charge is -2.28. The number of rotatable bonds is 4. The van der Waals surface area contributed by atoms with Crippen molar-refractivity contribution in [3.63, 3.8) is 0 Å². The van der Waals surface area contributed by atoms with Gasteiger partial charge in [0.05, 0.1) is 11.1 Å². The summed E-state index contributed by atoms with van der Waals surface area (Å²) in [6, 6.07) is 0.272. The Hall–Kier alpha value is -0.450. The van der Waals surface area contributed by atoms with Gasteiger partial charge >= 0.3 is 0 Å². The summed E-state index contributed by atoms with van der Waals surface area (Å²) in [7, 11) is 0. The van der Waals surface area contributed by atoms with Crippen molar-refractivity contribution in [2.24, 2.45) is 0 Å². The number of hydrogen-bond donors (Lipinski definition) is 2. The lowest BCUT2D eigenvalue weighted by molar-refractivity contribution is 0.0904. The van der Waals surface area contributed by atoms with Crippen LogP contribution in [-0.4, -0.2) is 22.2 Å². The van der Waals surface area contributed by atoms with E-state index >= 15 is 0 Å². The Kier molecular flexibility index (Phi) is 4.54. The molecule has 1 saturated carbocycles. The number of hydrogen-bond acceptors (Lipinski definition) is 4. The lowest BCUT2D eigenvalue weighted by atomic mass is 9.93. The van der Waals surface area contributed by atoms with Gasteiger partial charge in [0, 0.05) is 29.6 Å². The second kappa shape index (κ2) is 5.94. The van der Waals surface area contributed by atoms with E-state index in [4.69, 9.17) is 0 Å². The van der Waals surface area contributed by atoms with Crippen molar-refractivity contribution in [1.29, 1.82) is 0 Å². The van der Waals surface area contributed by atoms with Crippen molar-refractivity contribution in [2.45, 2.75) is 64.1 Å². The standard InChI is InChI=1S/C13H22N2OS/c1-9(2)13-15-8-10(17-13)7-14-11-5-3-4-6-12(11)16/h8-9,11-12,14,16H,3-7H2,1-2H3. The minimum absolute atomic E-state index is 0.166. The van der Waals surface area contributed by atoms with Gasteiger partial charge in [-0.1, -0.05) is 26.7 Å². The first-order valence-electron chi connectivity index (χ1n) is 6.53. The van der Waals surface area contributed by atoms with Crippen LogP contribution in [0.3, 0.4) is 0 Å². The van der Waals surface area contributed by atoms with E-state index in [2.05, 4.69) is 24.1 Å². The number of nitrogens with one attached hydrogen (secondary N) is 1. The highest BCUT2D eigenvalue weighted by Crippen LogP contribution is 2.22. The molecule has 17 heavy (non-hydrogen) atoms. The first-order chi connectivity index (χ1) is 8.16. The topological polar surface area (TPSA) is 45.2 Å². The summed E-state index contributed by atoms with van der Waals surface area (Å²) in [5.74, 6) is 0.508. The molecule has 0 aromatic carbocycles. The molecule has 0 aliphatic heterocycles. The molecule has 2 N–H and O–H groups in total. The molecular formula is C13H22N2OS. The van der Waals surface area contributed by atoms with Gasteiger partial charge < -0.3 is 10.4 Å². The third kappa shape index (κ3) is 3.50. The summed E-state index contributed by atoms with van der Waals surface area (Å²) >= 11 is 1.78. The average molecular weight is 254 g/mol. The fraction of sp³-hybridized carbons (Fsp3) is 0.769. The van der Waals surface area contributed by atoms with Crippen LogP contribution in [0.4, 0.5) is 0 Å². The number of nitrogens with zero attached hydrogens (tertiary/aromatic N) is 1. The van der Waals surface area contributed by atoms with E-state index in [-0.39, 0.29) is 12.1 Å². The van der Waals surface area contributed by atoms with E-state index in [0.717, 1.165) is 25.8 Å². The van der Waals surface area contributed by atoms with Gasteiger partial charge in [0.2, 0.25) is 0 Å². The van der Waals surface area contributed by atoms with Crippen LogP contribution in [0.1, 0.15) is 55.3 Å². The zero-order valence-electron chi connectivity index (χ0n) is 10.6. The van der Waals surface area contributed by atoms with Crippen molar-refractivity contribution in [3.05, 3.63) is 16.1 Å². The molecule has 0 bridgehead atoms. The summed E-state index contributed by atoms with van der Waals surface area (Å²) in [6.45, 7) is 5.17. The Labute approximate surface area is 107 Å². The highest BCUT2D eigenvalue weighted by atomic mass is 32.1. The predicted molar refractivity (Wildman–Crippen MR) is 71.3 cm³/mol. The summed E-state index contributed by atoms with van der Waals surface area (Å²) in [4.78, 5) is 5.68. The van der Waals surface area contributed by atoms with Crippen molar-refractivity contribution in [3.8, 4) is 0 Å². The molecule has 4 heteroatoms. The van der Waals surface area contributed by atoms with E-state index in [1.54, 1.807) is 11.3 Å². The van der Waals surface area contributed by atoms with Crippen LogP contribution in [0.25, 0.3) is 0 Å². The molecule has 0 saturated heterocycles. The normalized spacial score (nSPS) is 25.4. The van der Waals surface area contributed by atoms with Gasteiger partial charge in [0.25, 0.3) is 0 Å². The highest BCUT2D eigenvalue weighted by molar-refractivity contribution is 7.11. The van der Waals surface area contributed by atoms with Gasteiger partial charge in [-0.25, -0.2) is 4.98 Å². The van der Waals surface area contributed by atoms with Crippen LogP contribution < -0.4 is 5.32 Å². The van der Waals surface area contributed by atoms with Gasteiger partial charge in [-0.2, -0.15) is 0 Å². The van der Waals surface area contributed by atoms with Crippen molar-refractivity contribution < 1.29 is 5.11 Å². The zero-order chi connectivity index (χ0) is 12.3. The highest BCUT2D eigenvalue weighted by Gasteiger charge is 2.22. The van der Waals surface area contributed by atoms with Crippen LogP contribution in [0.5, 0.6) is 0 Å². The molecule has 1 aliphatic carbocycles. The molecule has 2 atom stereocenters.